The molecule has 4 heteroatoms. The summed E-state index contributed by atoms with van der Waals surface area (Å²) in [5, 5.41) is 13.4. The molecule has 2 unspecified atom stereocenters. The molecule has 20 heavy (non-hydrogen) atoms. The largest absolute Gasteiger partial charge is 0.467 e. The lowest BCUT2D eigenvalue weighted by molar-refractivity contribution is 0.0199. The molecule has 0 spiro atoms. The van der Waals surface area contributed by atoms with Gasteiger partial charge >= 0.3 is 0 Å². The Balaban J connectivity index is 1.59. The first kappa shape index (κ1) is 15.5. The van der Waals surface area contributed by atoms with Crippen LogP contribution in [0, 0.1) is 5.41 Å². The minimum atomic E-state index is -0.463. The predicted octanol–water partition coefficient (Wildman–Crippen LogP) is 2.72. The second-order valence-electron chi connectivity index (χ2n) is 6.61. The van der Waals surface area contributed by atoms with Gasteiger partial charge in [0.1, 0.15) is 12.4 Å². The standard InChI is InChI=1S/C16H27NO3/c1-16(2)7-3-5-13(9-16)17-10-14(18)11-19-12-15-6-4-8-20-15/h4,6,8,13-14,17-18H,3,5,7,9-12H2,1-2H3. The molecule has 1 heterocycles. The molecule has 1 fully saturated rings. The van der Waals surface area contributed by atoms with Crippen LogP contribution in [-0.2, 0) is 11.3 Å². The monoisotopic (exact) mass is 281 g/mol. The molecule has 1 aliphatic rings. The number of hydrogen-bond donors (Lipinski definition) is 2. The van der Waals surface area contributed by atoms with Crippen molar-refractivity contribution in [3.63, 3.8) is 0 Å². The minimum Gasteiger partial charge on any atom is -0.467 e. The van der Waals surface area contributed by atoms with Gasteiger partial charge in [0.2, 0.25) is 0 Å². The summed E-state index contributed by atoms with van der Waals surface area (Å²) in [7, 11) is 0. The zero-order chi connectivity index (χ0) is 14.4. The van der Waals surface area contributed by atoms with Crippen molar-refractivity contribution in [2.75, 3.05) is 13.2 Å². The van der Waals surface area contributed by atoms with Crippen LogP contribution in [-0.4, -0.2) is 30.4 Å². The molecule has 0 aromatic carbocycles. The van der Waals surface area contributed by atoms with E-state index < -0.39 is 6.10 Å². The maximum atomic E-state index is 9.92. The third-order valence-corrected chi connectivity index (χ3v) is 3.98. The first-order chi connectivity index (χ1) is 9.55. The molecule has 0 aliphatic heterocycles. The van der Waals surface area contributed by atoms with Gasteiger partial charge < -0.3 is 19.6 Å². The van der Waals surface area contributed by atoms with Crippen LogP contribution < -0.4 is 5.32 Å². The van der Waals surface area contributed by atoms with Crippen molar-refractivity contribution in [1.29, 1.82) is 0 Å². The van der Waals surface area contributed by atoms with E-state index in [9.17, 15) is 5.11 Å². The van der Waals surface area contributed by atoms with Crippen molar-refractivity contribution in [1.82, 2.24) is 5.32 Å². The lowest BCUT2D eigenvalue weighted by Crippen LogP contribution is -2.41. The van der Waals surface area contributed by atoms with Crippen molar-refractivity contribution in [3.8, 4) is 0 Å². The van der Waals surface area contributed by atoms with Gasteiger partial charge in [0.25, 0.3) is 0 Å². The van der Waals surface area contributed by atoms with Gasteiger partial charge in [-0.15, -0.1) is 0 Å². The van der Waals surface area contributed by atoms with Crippen molar-refractivity contribution >= 4 is 0 Å². The number of aliphatic hydroxyl groups is 1. The molecule has 0 bridgehead atoms. The minimum absolute atomic E-state index is 0.337. The summed E-state index contributed by atoms with van der Waals surface area (Å²) in [4.78, 5) is 0. The molecule has 0 radical (unpaired) electrons. The van der Waals surface area contributed by atoms with E-state index in [4.69, 9.17) is 9.15 Å². The highest BCUT2D eigenvalue weighted by Gasteiger charge is 2.27. The maximum Gasteiger partial charge on any atom is 0.129 e. The van der Waals surface area contributed by atoms with Gasteiger partial charge in [-0.3, -0.25) is 0 Å². The number of rotatable bonds is 7. The van der Waals surface area contributed by atoms with E-state index in [1.807, 2.05) is 12.1 Å². The predicted molar refractivity (Wildman–Crippen MR) is 78.4 cm³/mol. The maximum absolute atomic E-state index is 9.92. The number of nitrogens with one attached hydrogen (secondary N) is 1. The average Bonchev–Trinajstić information content (AvgIpc) is 2.88. The summed E-state index contributed by atoms with van der Waals surface area (Å²) in [5.41, 5.74) is 0.427. The van der Waals surface area contributed by atoms with Gasteiger partial charge in [-0.1, -0.05) is 20.3 Å². The number of furan rings is 1. The van der Waals surface area contributed by atoms with Gasteiger partial charge in [-0.05, 0) is 36.8 Å². The first-order valence-electron chi connectivity index (χ1n) is 7.57. The van der Waals surface area contributed by atoms with Crippen LogP contribution in [0.5, 0.6) is 0 Å². The van der Waals surface area contributed by atoms with Gasteiger partial charge in [0.05, 0.1) is 19.0 Å². The Morgan fingerprint density at radius 2 is 2.40 bits per heavy atom. The lowest BCUT2D eigenvalue weighted by Gasteiger charge is -2.36. The van der Waals surface area contributed by atoms with Crippen molar-refractivity contribution < 1.29 is 14.3 Å². The Bertz CT molecular complexity index is 375. The van der Waals surface area contributed by atoms with E-state index in [1.54, 1.807) is 6.26 Å². The van der Waals surface area contributed by atoms with Gasteiger partial charge in [0.15, 0.2) is 0 Å². The van der Waals surface area contributed by atoms with Crippen LogP contribution in [0.2, 0.25) is 0 Å². The number of hydrogen-bond acceptors (Lipinski definition) is 4. The van der Waals surface area contributed by atoms with Crippen LogP contribution >= 0.6 is 0 Å². The smallest absolute Gasteiger partial charge is 0.129 e. The molecule has 1 aromatic heterocycles. The summed E-state index contributed by atoms with van der Waals surface area (Å²) >= 11 is 0. The second kappa shape index (κ2) is 7.25. The van der Waals surface area contributed by atoms with Crippen LogP contribution in [0.15, 0.2) is 22.8 Å². The average molecular weight is 281 g/mol. The van der Waals surface area contributed by atoms with E-state index in [1.165, 1.54) is 25.7 Å². The van der Waals surface area contributed by atoms with Crippen molar-refractivity contribution in [2.45, 2.75) is 58.3 Å². The quantitative estimate of drug-likeness (QED) is 0.807. The zero-order valence-corrected chi connectivity index (χ0v) is 12.6. The molecule has 0 amide bonds. The van der Waals surface area contributed by atoms with Crippen molar-refractivity contribution in [2.24, 2.45) is 5.41 Å². The fourth-order valence-corrected chi connectivity index (χ4v) is 2.92. The van der Waals surface area contributed by atoms with Gasteiger partial charge in [0, 0.05) is 12.6 Å². The first-order valence-corrected chi connectivity index (χ1v) is 7.57. The Morgan fingerprint density at radius 3 is 3.10 bits per heavy atom. The normalized spacial score (nSPS) is 23.6. The highest BCUT2D eigenvalue weighted by Crippen LogP contribution is 2.34. The molecular formula is C16H27NO3. The molecule has 0 saturated heterocycles. The summed E-state index contributed by atoms with van der Waals surface area (Å²) in [6, 6.07) is 4.23. The molecule has 114 valence electrons. The third kappa shape index (κ3) is 5.27. The van der Waals surface area contributed by atoms with E-state index in [-0.39, 0.29) is 0 Å². The van der Waals surface area contributed by atoms with Gasteiger partial charge in [-0.25, -0.2) is 0 Å². The molecule has 2 atom stereocenters. The molecule has 1 aliphatic carbocycles. The molecule has 1 aromatic rings. The lowest BCUT2D eigenvalue weighted by atomic mass is 9.75. The van der Waals surface area contributed by atoms with Crippen LogP contribution in [0.4, 0.5) is 0 Å². The van der Waals surface area contributed by atoms with Crippen LogP contribution in [0.25, 0.3) is 0 Å². The molecular weight excluding hydrogens is 254 g/mol. The van der Waals surface area contributed by atoms with E-state index in [0.29, 0.717) is 31.2 Å². The highest BCUT2D eigenvalue weighted by molar-refractivity contribution is 4.96. The van der Waals surface area contributed by atoms with Gasteiger partial charge in [-0.2, -0.15) is 0 Å². The molecule has 4 nitrogen and oxygen atoms in total. The van der Waals surface area contributed by atoms with E-state index in [0.717, 1.165) is 5.76 Å². The number of aliphatic hydroxyl groups excluding tert-OH is 1. The number of ether oxygens (including phenoxy) is 1. The fourth-order valence-electron chi connectivity index (χ4n) is 2.92. The van der Waals surface area contributed by atoms with Crippen LogP contribution in [0.1, 0.15) is 45.3 Å². The summed E-state index contributed by atoms with van der Waals surface area (Å²) in [6.07, 6.45) is 6.14. The summed E-state index contributed by atoms with van der Waals surface area (Å²) < 4.78 is 10.6. The van der Waals surface area contributed by atoms with Crippen molar-refractivity contribution in [3.05, 3.63) is 24.2 Å². The van der Waals surface area contributed by atoms with E-state index in [2.05, 4.69) is 19.2 Å². The van der Waals surface area contributed by atoms with E-state index >= 15 is 0 Å². The summed E-state index contributed by atoms with van der Waals surface area (Å²) in [6.45, 7) is 6.00. The Labute approximate surface area is 121 Å². The molecule has 1 saturated carbocycles. The molecule has 2 rings (SSSR count). The SMILES string of the molecule is CC1(C)CCCC(NCC(O)COCc2ccco2)C1. The zero-order valence-electron chi connectivity index (χ0n) is 12.6. The Morgan fingerprint density at radius 1 is 1.55 bits per heavy atom. The fraction of sp³-hybridized carbons (Fsp3) is 0.750. The Kier molecular flexibility index (Phi) is 5.64. The Hall–Kier alpha value is -0.840. The van der Waals surface area contributed by atoms with Crippen LogP contribution in [0.3, 0.4) is 0 Å². The molecule has 2 N–H and O–H groups in total. The highest BCUT2D eigenvalue weighted by atomic mass is 16.5. The topological polar surface area (TPSA) is 54.6 Å². The second-order valence-corrected chi connectivity index (χ2v) is 6.61. The summed E-state index contributed by atoms with van der Waals surface area (Å²) in [5.74, 6) is 0.791. The third-order valence-electron chi connectivity index (χ3n) is 3.98.